The monoisotopic (exact) mass is 589 g/mol. The number of hydrogen-bond acceptors (Lipinski definition) is 4. The Balaban J connectivity index is 1.77. The van der Waals surface area contributed by atoms with E-state index < -0.39 is 34.3 Å². The fraction of sp³-hybridized carbons (Fsp3) is 0.273. The molecule has 4 rings (SSSR count). The maximum atomic E-state index is 14.9. The number of nitrogens with zero attached hydrogens (tertiary/aromatic N) is 2. The molecule has 0 bridgehead atoms. The lowest BCUT2D eigenvalue weighted by Gasteiger charge is -2.33. The molecular weight excluding hydrogens is 553 g/mol. The first kappa shape index (κ1) is 30.7. The predicted molar refractivity (Wildman–Crippen MR) is 165 cm³/mol. The van der Waals surface area contributed by atoms with E-state index in [4.69, 9.17) is 0 Å². The van der Waals surface area contributed by atoms with Crippen LogP contribution in [0.4, 0.5) is 10.1 Å². The molecular formula is C33H36FN3O4S. The smallest absolute Gasteiger partial charge is 0.244 e. The average molecular weight is 590 g/mol. The Labute approximate surface area is 247 Å². The first-order valence-corrected chi connectivity index (χ1v) is 15.8. The van der Waals surface area contributed by atoms with Crippen LogP contribution in [-0.2, 0) is 32.6 Å². The van der Waals surface area contributed by atoms with E-state index in [1.807, 2.05) is 55.5 Å². The fourth-order valence-electron chi connectivity index (χ4n) is 4.89. The summed E-state index contributed by atoms with van der Waals surface area (Å²) in [5.74, 6) is -1.52. The predicted octanol–water partition coefficient (Wildman–Crippen LogP) is 5.30. The van der Waals surface area contributed by atoms with Crippen molar-refractivity contribution in [2.24, 2.45) is 0 Å². The SMILES string of the molecule is CCCCNC(=O)[C@H](Cc1ccccc1)N(Cc1ccccc1F)C(=O)CN(c1cccc2ccccc12)S(C)(=O)=O. The van der Waals surface area contributed by atoms with Gasteiger partial charge in [-0.1, -0.05) is 98.3 Å². The lowest BCUT2D eigenvalue weighted by atomic mass is 10.0. The molecule has 0 spiro atoms. The van der Waals surface area contributed by atoms with Gasteiger partial charge in [0.1, 0.15) is 18.4 Å². The van der Waals surface area contributed by atoms with Crippen LogP contribution in [-0.4, -0.2) is 50.5 Å². The summed E-state index contributed by atoms with van der Waals surface area (Å²) in [6.07, 6.45) is 2.85. The molecule has 220 valence electrons. The molecule has 0 aliphatic rings. The van der Waals surface area contributed by atoms with Crippen LogP contribution < -0.4 is 9.62 Å². The average Bonchev–Trinajstić information content (AvgIpc) is 2.98. The van der Waals surface area contributed by atoms with Gasteiger partial charge in [-0.2, -0.15) is 0 Å². The zero-order valence-electron chi connectivity index (χ0n) is 23.9. The molecule has 7 nitrogen and oxygen atoms in total. The maximum absolute atomic E-state index is 14.9. The highest BCUT2D eigenvalue weighted by Crippen LogP contribution is 2.29. The van der Waals surface area contributed by atoms with Crippen LogP contribution in [0.5, 0.6) is 0 Å². The van der Waals surface area contributed by atoms with Gasteiger partial charge in [0.25, 0.3) is 0 Å². The van der Waals surface area contributed by atoms with Gasteiger partial charge in [0, 0.05) is 30.5 Å². The number of anilines is 1. The topological polar surface area (TPSA) is 86.8 Å². The summed E-state index contributed by atoms with van der Waals surface area (Å²) < 4.78 is 42.2. The third-order valence-corrected chi connectivity index (χ3v) is 8.24. The van der Waals surface area contributed by atoms with E-state index >= 15 is 0 Å². The van der Waals surface area contributed by atoms with E-state index in [-0.39, 0.29) is 24.4 Å². The van der Waals surface area contributed by atoms with Gasteiger partial charge in [0.2, 0.25) is 21.8 Å². The summed E-state index contributed by atoms with van der Waals surface area (Å²) in [5.41, 5.74) is 1.39. The zero-order chi connectivity index (χ0) is 30.1. The second kappa shape index (κ2) is 14.1. The van der Waals surface area contributed by atoms with E-state index in [0.717, 1.165) is 34.4 Å². The van der Waals surface area contributed by atoms with E-state index in [1.165, 1.54) is 11.0 Å². The second-order valence-electron chi connectivity index (χ2n) is 10.2. The van der Waals surface area contributed by atoms with Gasteiger partial charge >= 0.3 is 0 Å². The van der Waals surface area contributed by atoms with Crippen molar-refractivity contribution in [2.75, 3.05) is 23.7 Å². The minimum absolute atomic E-state index is 0.173. The molecule has 0 saturated carbocycles. The Bertz CT molecular complexity index is 1620. The van der Waals surface area contributed by atoms with Crippen LogP contribution in [0.1, 0.15) is 30.9 Å². The van der Waals surface area contributed by atoms with Gasteiger partial charge in [0.15, 0.2) is 0 Å². The molecule has 0 heterocycles. The second-order valence-corrected chi connectivity index (χ2v) is 12.1. The zero-order valence-corrected chi connectivity index (χ0v) is 24.7. The molecule has 0 aliphatic carbocycles. The molecule has 0 radical (unpaired) electrons. The van der Waals surface area contributed by atoms with Crippen LogP contribution in [0.3, 0.4) is 0 Å². The number of carbonyl (C=O) groups is 2. The van der Waals surface area contributed by atoms with Crippen molar-refractivity contribution in [3.63, 3.8) is 0 Å². The van der Waals surface area contributed by atoms with Crippen LogP contribution >= 0.6 is 0 Å². The molecule has 4 aromatic rings. The number of hydrogen-bond donors (Lipinski definition) is 1. The lowest BCUT2D eigenvalue weighted by molar-refractivity contribution is -0.140. The van der Waals surface area contributed by atoms with Crippen LogP contribution in [0.2, 0.25) is 0 Å². The first-order chi connectivity index (χ1) is 20.2. The minimum atomic E-state index is -3.93. The normalized spacial score (nSPS) is 12.1. The number of unbranched alkanes of at least 4 members (excludes halogenated alkanes) is 1. The highest BCUT2D eigenvalue weighted by molar-refractivity contribution is 7.92. The number of amides is 2. The Hall–Kier alpha value is -4.24. The minimum Gasteiger partial charge on any atom is -0.354 e. The molecule has 4 aromatic carbocycles. The van der Waals surface area contributed by atoms with E-state index in [1.54, 1.807) is 42.5 Å². The Morgan fingerprint density at radius 3 is 2.26 bits per heavy atom. The molecule has 0 saturated heterocycles. The van der Waals surface area contributed by atoms with Gasteiger partial charge in [0.05, 0.1) is 11.9 Å². The highest BCUT2D eigenvalue weighted by atomic mass is 32.2. The maximum Gasteiger partial charge on any atom is 0.244 e. The van der Waals surface area contributed by atoms with E-state index in [0.29, 0.717) is 17.6 Å². The summed E-state index contributed by atoms with van der Waals surface area (Å²) in [4.78, 5) is 29.2. The van der Waals surface area contributed by atoms with Crippen LogP contribution in [0.25, 0.3) is 10.8 Å². The van der Waals surface area contributed by atoms with Gasteiger partial charge in [-0.15, -0.1) is 0 Å². The lowest BCUT2D eigenvalue weighted by Crippen LogP contribution is -2.53. The molecule has 1 atom stereocenters. The number of sulfonamides is 1. The number of rotatable bonds is 13. The highest BCUT2D eigenvalue weighted by Gasteiger charge is 2.33. The van der Waals surface area contributed by atoms with Crippen LogP contribution in [0.15, 0.2) is 97.1 Å². The number of carbonyl (C=O) groups excluding carboxylic acids is 2. The third-order valence-electron chi connectivity index (χ3n) is 7.11. The molecule has 9 heteroatoms. The standard InChI is InChI=1S/C33H36FN3O4S/c1-3-4-21-35-33(39)31(22-25-13-6-5-7-14-25)36(23-27-16-9-11-19-29(27)34)32(38)24-37(42(2,40)41)30-20-12-17-26-15-8-10-18-28(26)30/h5-20,31H,3-4,21-24H2,1-2H3,(H,35,39)/t31-/m0/s1. The molecule has 0 aliphatic heterocycles. The summed E-state index contributed by atoms with van der Waals surface area (Å²) >= 11 is 0. The van der Waals surface area contributed by atoms with Gasteiger partial charge in [-0.05, 0) is 29.5 Å². The van der Waals surface area contributed by atoms with E-state index in [2.05, 4.69) is 5.32 Å². The quantitative estimate of drug-likeness (QED) is 0.215. The van der Waals surface area contributed by atoms with Crippen LogP contribution in [0, 0.1) is 5.82 Å². The number of fused-ring (bicyclic) bond motifs is 1. The Morgan fingerprint density at radius 1 is 0.881 bits per heavy atom. The van der Waals surface area contributed by atoms with Gasteiger partial charge in [-0.3, -0.25) is 13.9 Å². The van der Waals surface area contributed by atoms with Gasteiger partial charge in [-0.25, -0.2) is 12.8 Å². The number of halogens is 1. The molecule has 0 aromatic heterocycles. The van der Waals surface area contributed by atoms with Crippen molar-refractivity contribution in [2.45, 2.75) is 38.8 Å². The molecule has 42 heavy (non-hydrogen) atoms. The summed E-state index contributed by atoms with van der Waals surface area (Å²) in [7, 11) is -3.93. The van der Waals surface area contributed by atoms with Crippen molar-refractivity contribution >= 4 is 38.3 Å². The molecule has 0 unspecified atom stereocenters. The first-order valence-electron chi connectivity index (χ1n) is 14.0. The summed E-state index contributed by atoms with van der Waals surface area (Å²) in [6, 6.07) is 26.9. The molecule has 2 amide bonds. The number of benzene rings is 4. The van der Waals surface area contributed by atoms with Crippen molar-refractivity contribution in [1.29, 1.82) is 0 Å². The third kappa shape index (κ3) is 7.73. The molecule has 0 fully saturated rings. The number of nitrogens with one attached hydrogen (secondary N) is 1. The fourth-order valence-corrected chi connectivity index (χ4v) is 5.75. The van der Waals surface area contributed by atoms with Crippen molar-refractivity contribution in [3.05, 3.63) is 114 Å². The largest absolute Gasteiger partial charge is 0.354 e. The van der Waals surface area contributed by atoms with Gasteiger partial charge < -0.3 is 10.2 Å². The van der Waals surface area contributed by atoms with E-state index in [9.17, 15) is 22.4 Å². The molecule has 1 N–H and O–H groups in total. The summed E-state index contributed by atoms with van der Waals surface area (Å²) in [6.45, 7) is 1.66. The Kier molecular flexibility index (Phi) is 10.3. The Morgan fingerprint density at radius 2 is 1.55 bits per heavy atom. The van der Waals surface area contributed by atoms with Crippen molar-refractivity contribution in [1.82, 2.24) is 10.2 Å². The van der Waals surface area contributed by atoms with Crippen molar-refractivity contribution in [3.8, 4) is 0 Å². The summed E-state index contributed by atoms with van der Waals surface area (Å²) in [5, 5.41) is 4.40. The van der Waals surface area contributed by atoms with Crippen molar-refractivity contribution < 1.29 is 22.4 Å².